The first-order valence-corrected chi connectivity index (χ1v) is 5.84. The van der Waals surface area contributed by atoms with Crippen molar-refractivity contribution < 1.29 is 9.13 Å². The molecule has 2 aromatic rings. The summed E-state index contributed by atoms with van der Waals surface area (Å²) in [6, 6.07) is 14.6. The molecule has 0 fully saturated rings. The van der Waals surface area contributed by atoms with Crippen LogP contribution < -0.4 is 5.32 Å². The minimum atomic E-state index is -0.206. The smallest absolute Gasteiger partial charge is 0.123 e. The van der Waals surface area contributed by atoms with Gasteiger partial charge in [-0.2, -0.15) is 0 Å². The standard InChI is InChI=1S/C15H16FNO/c1-18-11-13-5-3-7-15(9-13)17-10-12-4-2-6-14(16)8-12/h2-9,17H,10-11H2,1H3. The van der Waals surface area contributed by atoms with Gasteiger partial charge in [-0.3, -0.25) is 0 Å². The van der Waals surface area contributed by atoms with Crippen molar-refractivity contribution in [3.63, 3.8) is 0 Å². The molecular formula is C15H16FNO. The molecule has 2 rings (SSSR count). The van der Waals surface area contributed by atoms with Crippen LogP contribution in [0.2, 0.25) is 0 Å². The third-order valence-corrected chi connectivity index (χ3v) is 2.62. The molecule has 0 aliphatic rings. The highest BCUT2D eigenvalue weighted by molar-refractivity contribution is 5.46. The van der Waals surface area contributed by atoms with Crippen molar-refractivity contribution in [3.8, 4) is 0 Å². The highest BCUT2D eigenvalue weighted by atomic mass is 19.1. The third-order valence-electron chi connectivity index (χ3n) is 2.62. The van der Waals surface area contributed by atoms with Gasteiger partial charge in [-0.15, -0.1) is 0 Å². The number of halogens is 1. The van der Waals surface area contributed by atoms with E-state index in [-0.39, 0.29) is 5.82 Å². The zero-order valence-electron chi connectivity index (χ0n) is 10.3. The first-order valence-electron chi connectivity index (χ1n) is 5.84. The van der Waals surface area contributed by atoms with Crippen LogP contribution >= 0.6 is 0 Å². The molecule has 94 valence electrons. The number of hydrogen-bond donors (Lipinski definition) is 1. The number of anilines is 1. The Hall–Kier alpha value is -1.87. The van der Waals surface area contributed by atoms with Crippen LogP contribution in [0.4, 0.5) is 10.1 Å². The molecule has 0 aliphatic carbocycles. The van der Waals surface area contributed by atoms with Crippen molar-refractivity contribution in [3.05, 3.63) is 65.5 Å². The van der Waals surface area contributed by atoms with Crippen LogP contribution in [0.25, 0.3) is 0 Å². The van der Waals surface area contributed by atoms with Gasteiger partial charge in [-0.1, -0.05) is 24.3 Å². The quantitative estimate of drug-likeness (QED) is 0.869. The van der Waals surface area contributed by atoms with Gasteiger partial charge in [0, 0.05) is 19.3 Å². The molecule has 18 heavy (non-hydrogen) atoms. The summed E-state index contributed by atoms with van der Waals surface area (Å²) in [5.41, 5.74) is 3.04. The van der Waals surface area contributed by atoms with Gasteiger partial charge in [0.05, 0.1) is 6.61 Å². The van der Waals surface area contributed by atoms with Crippen LogP contribution in [0.15, 0.2) is 48.5 Å². The molecule has 0 aromatic heterocycles. The molecule has 2 nitrogen and oxygen atoms in total. The van der Waals surface area contributed by atoms with Crippen molar-refractivity contribution in [2.24, 2.45) is 0 Å². The number of benzene rings is 2. The van der Waals surface area contributed by atoms with Gasteiger partial charge in [0.15, 0.2) is 0 Å². The Labute approximate surface area is 106 Å². The summed E-state index contributed by atoms with van der Waals surface area (Å²) in [6.07, 6.45) is 0. The zero-order valence-corrected chi connectivity index (χ0v) is 10.3. The summed E-state index contributed by atoms with van der Waals surface area (Å²) in [5.74, 6) is -0.206. The predicted octanol–water partition coefficient (Wildman–Crippen LogP) is 3.58. The highest BCUT2D eigenvalue weighted by Gasteiger charge is 1.97. The maximum atomic E-state index is 13.0. The minimum Gasteiger partial charge on any atom is -0.381 e. The second-order valence-corrected chi connectivity index (χ2v) is 4.12. The largest absolute Gasteiger partial charge is 0.381 e. The fourth-order valence-corrected chi connectivity index (χ4v) is 1.79. The van der Waals surface area contributed by atoms with Gasteiger partial charge in [-0.25, -0.2) is 4.39 Å². The van der Waals surface area contributed by atoms with E-state index in [1.165, 1.54) is 12.1 Å². The van der Waals surface area contributed by atoms with E-state index in [1.54, 1.807) is 13.2 Å². The molecule has 0 atom stereocenters. The molecule has 0 amide bonds. The van der Waals surface area contributed by atoms with Crippen LogP contribution in [-0.2, 0) is 17.9 Å². The lowest BCUT2D eigenvalue weighted by atomic mass is 10.2. The summed E-state index contributed by atoms with van der Waals surface area (Å²) in [5, 5.41) is 3.26. The van der Waals surface area contributed by atoms with Gasteiger partial charge in [0.1, 0.15) is 5.82 Å². The minimum absolute atomic E-state index is 0.206. The summed E-state index contributed by atoms with van der Waals surface area (Å²) >= 11 is 0. The first kappa shape index (κ1) is 12.6. The second-order valence-electron chi connectivity index (χ2n) is 4.12. The molecule has 1 N–H and O–H groups in total. The van der Waals surface area contributed by atoms with E-state index in [0.717, 1.165) is 16.8 Å². The van der Waals surface area contributed by atoms with Gasteiger partial charge in [0.25, 0.3) is 0 Å². The van der Waals surface area contributed by atoms with Gasteiger partial charge >= 0.3 is 0 Å². The molecule has 0 saturated carbocycles. The lowest BCUT2D eigenvalue weighted by Gasteiger charge is -2.08. The van der Waals surface area contributed by atoms with Gasteiger partial charge < -0.3 is 10.1 Å². The Kier molecular flexibility index (Phi) is 4.31. The van der Waals surface area contributed by atoms with Crippen molar-refractivity contribution in [2.75, 3.05) is 12.4 Å². The van der Waals surface area contributed by atoms with Crippen LogP contribution in [0.3, 0.4) is 0 Å². The van der Waals surface area contributed by atoms with E-state index < -0.39 is 0 Å². The summed E-state index contributed by atoms with van der Waals surface area (Å²) < 4.78 is 18.1. The average molecular weight is 245 g/mol. The molecule has 0 unspecified atom stereocenters. The number of methoxy groups -OCH3 is 1. The van der Waals surface area contributed by atoms with E-state index in [9.17, 15) is 4.39 Å². The second kappa shape index (κ2) is 6.17. The van der Waals surface area contributed by atoms with Crippen LogP contribution in [0, 0.1) is 5.82 Å². The summed E-state index contributed by atoms with van der Waals surface area (Å²) in [4.78, 5) is 0. The zero-order chi connectivity index (χ0) is 12.8. The Morgan fingerprint density at radius 2 is 1.83 bits per heavy atom. The Morgan fingerprint density at radius 3 is 2.61 bits per heavy atom. The fraction of sp³-hybridized carbons (Fsp3) is 0.200. The highest BCUT2D eigenvalue weighted by Crippen LogP contribution is 2.13. The lowest BCUT2D eigenvalue weighted by molar-refractivity contribution is 0.185. The van der Waals surface area contributed by atoms with E-state index in [2.05, 4.69) is 5.32 Å². The Balaban J connectivity index is 1.99. The van der Waals surface area contributed by atoms with Crippen LogP contribution in [-0.4, -0.2) is 7.11 Å². The fourth-order valence-electron chi connectivity index (χ4n) is 1.79. The van der Waals surface area contributed by atoms with Crippen molar-refractivity contribution in [2.45, 2.75) is 13.2 Å². The number of rotatable bonds is 5. The van der Waals surface area contributed by atoms with E-state index in [1.807, 2.05) is 30.3 Å². The molecule has 0 radical (unpaired) electrons. The molecule has 2 aromatic carbocycles. The molecule has 0 heterocycles. The summed E-state index contributed by atoms with van der Waals surface area (Å²) in [6.45, 7) is 1.20. The van der Waals surface area contributed by atoms with Crippen LogP contribution in [0.5, 0.6) is 0 Å². The van der Waals surface area contributed by atoms with E-state index in [0.29, 0.717) is 13.2 Å². The lowest BCUT2D eigenvalue weighted by Crippen LogP contribution is -2.00. The molecule has 0 saturated heterocycles. The molecule has 0 spiro atoms. The number of ether oxygens (including phenoxy) is 1. The van der Waals surface area contributed by atoms with E-state index in [4.69, 9.17) is 4.74 Å². The number of nitrogens with one attached hydrogen (secondary N) is 1. The Morgan fingerprint density at radius 1 is 1.06 bits per heavy atom. The third kappa shape index (κ3) is 3.57. The first-order chi connectivity index (χ1) is 8.78. The molecule has 3 heteroatoms. The van der Waals surface area contributed by atoms with Crippen molar-refractivity contribution >= 4 is 5.69 Å². The monoisotopic (exact) mass is 245 g/mol. The number of hydrogen-bond acceptors (Lipinski definition) is 2. The maximum Gasteiger partial charge on any atom is 0.123 e. The average Bonchev–Trinajstić information content (AvgIpc) is 2.37. The molecule has 0 aliphatic heterocycles. The molecular weight excluding hydrogens is 229 g/mol. The maximum absolute atomic E-state index is 13.0. The van der Waals surface area contributed by atoms with Crippen LogP contribution in [0.1, 0.15) is 11.1 Å². The normalized spacial score (nSPS) is 10.3. The summed E-state index contributed by atoms with van der Waals surface area (Å²) in [7, 11) is 1.67. The molecule has 0 bridgehead atoms. The van der Waals surface area contributed by atoms with Crippen molar-refractivity contribution in [1.29, 1.82) is 0 Å². The van der Waals surface area contributed by atoms with E-state index >= 15 is 0 Å². The predicted molar refractivity (Wildman–Crippen MR) is 70.9 cm³/mol. The SMILES string of the molecule is COCc1cccc(NCc2cccc(F)c2)c1. The van der Waals surface area contributed by atoms with Crippen molar-refractivity contribution in [1.82, 2.24) is 0 Å². The Bertz CT molecular complexity index is 513. The topological polar surface area (TPSA) is 21.3 Å². The van der Waals surface area contributed by atoms with Gasteiger partial charge in [-0.05, 0) is 35.4 Å². The van der Waals surface area contributed by atoms with Gasteiger partial charge in [0.2, 0.25) is 0 Å².